The number of benzene rings is 1. The van der Waals surface area contributed by atoms with Gasteiger partial charge in [-0.1, -0.05) is 6.07 Å². The Morgan fingerprint density at radius 3 is 2.68 bits per heavy atom. The van der Waals surface area contributed by atoms with Gasteiger partial charge in [-0.3, -0.25) is 4.79 Å². The predicted octanol–water partition coefficient (Wildman–Crippen LogP) is 2.50. The first-order valence-electron chi connectivity index (χ1n) is 6.16. The summed E-state index contributed by atoms with van der Waals surface area (Å²) in [6.45, 7) is 0.301. The summed E-state index contributed by atoms with van der Waals surface area (Å²) in [6, 6.07) is 6.76. The quantitative estimate of drug-likeness (QED) is 0.578. The van der Waals surface area contributed by atoms with Crippen LogP contribution in [0.3, 0.4) is 0 Å². The second-order valence-electron chi connectivity index (χ2n) is 4.07. The Hall–Kier alpha value is -2.04. The number of carboxylic acids is 1. The fourth-order valence-electron chi connectivity index (χ4n) is 1.55. The van der Waals surface area contributed by atoms with Crippen molar-refractivity contribution in [2.45, 2.75) is 25.7 Å². The average Bonchev–Trinajstić information content (AvgIpc) is 2.42. The van der Waals surface area contributed by atoms with Gasteiger partial charge in [-0.15, -0.1) is 0 Å². The molecule has 1 N–H and O–H groups in total. The second kappa shape index (κ2) is 8.13. The molecule has 5 nitrogen and oxygen atoms in total. The van der Waals surface area contributed by atoms with Crippen LogP contribution >= 0.6 is 0 Å². The number of ether oxygens (including phenoxy) is 2. The Kier molecular flexibility index (Phi) is 6.43. The van der Waals surface area contributed by atoms with Crippen LogP contribution in [0.5, 0.6) is 5.75 Å². The van der Waals surface area contributed by atoms with Crippen LogP contribution in [0.25, 0.3) is 0 Å². The van der Waals surface area contributed by atoms with E-state index in [-0.39, 0.29) is 6.42 Å². The first kappa shape index (κ1) is 15.0. The van der Waals surface area contributed by atoms with Gasteiger partial charge in [-0.2, -0.15) is 0 Å². The largest absolute Gasteiger partial charge is 0.497 e. The molecule has 0 bridgehead atoms. The van der Waals surface area contributed by atoms with Crippen LogP contribution in [-0.4, -0.2) is 30.8 Å². The van der Waals surface area contributed by atoms with Crippen molar-refractivity contribution in [3.8, 4) is 5.75 Å². The first-order chi connectivity index (χ1) is 9.13. The molecule has 0 fully saturated rings. The Morgan fingerprint density at radius 2 is 2.00 bits per heavy atom. The molecule has 19 heavy (non-hydrogen) atoms. The Balaban J connectivity index is 2.25. The number of carbonyl (C=O) groups is 2. The van der Waals surface area contributed by atoms with E-state index in [9.17, 15) is 9.59 Å². The van der Waals surface area contributed by atoms with E-state index in [2.05, 4.69) is 0 Å². The van der Waals surface area contributed by atoms with E-state index in [1.54, 1.807) is 24.3 Å². The number of esters is 1. The highest BCUT2D eigenvalue weighted by Crippen LogP contribution is 2.13. The molecule has 104 valence electrons. The van der Waals surface area contributed by atoms with Gasteiger partial charge < -0.3 is 14.6 Å². The number of unbranched alkanes of at least 4 members (excludes halogenated alkanes) is 2. The van der Waals surface area contributed by atoms with Crippen LogP contribution < -0.4 is 4.74 Å². The molecular weight excluding hydrogens is 248 g/mol. The van der Waals surface area contributed by atoms with Crippen molar-refractivity contribution in [3.63, 3.8) is 0 Å². The third-order valence-electron chi connectivity index (χ3n) is 2.57. The van der Waals surface area contributed by atoms with E-state index < -0.39 is 11.9 Å². The Morgan fingerprint density at radius 1 is 1.21 bits per heavy atom. The monoisotopic (exact) mass is 266 g/mol. The van der Waals surface area contributed by atoms with Gasteiger partial charge in [0.2, 0.25) is 0 Å². The number of methoxy groups -OCH3 is 1. The highest BCUT2D eigenvalue weighted by atomic mass is 16.5. The standard InChI is InChI=1S/C14H18O5/c1-18-12-7-5-6-11(10-12)14(17)19-9-4-2-3-8-13(15)16/h5-7,10H,2-4,8-9H2,1H3,(H,15,16). The molecule has 0 aromatic heterocycles. The summed E-state index contributed by atoms with van der Waals surface area (Å²) in [6.07, 6.45) is 2.16. The van der Waals surface area contributed by atoms with Crippen LogP contribution in [0.1, 0.15) is 36.0 Å². The average molecular weight is 266 g/mol. The van der Waals surface area contributed by atoms with Gasteiger partial charge >= 0.3 is 11.9 Å². The normalized spacial score (nSPS) is 9.95. The first-order valence-corrected chi connectivity index (χ1v) is 6.16. The predicted molar refractivity (Wildman–Crippen MR) is 69.4 cm³/mol. The Labute approximate surface area is 112 Å². The Bertz CT molecular complexity index is 428. The van der Waals surface area contributed by atoms with E-state index in [1.165, 1.54) is 7.11 Å². The molecular formula is C14H18O5. The van der Waals surface area contributed by atoms with Gasteiger partial charge in [0, 0.05) is 6.42 Å². The number of hydrogen-bond donors (Lipinski definition) is 1. The summed E-state index contributed by atoms with van der Waals surface area (Å²) in [5.74, 6) is -0.582. The fraction of sp³-hybridized carbons (Fsp3) is 0.429. The SMILES string of the molecule is COc1cccc(C(=O)OCCCCCC(=O)O)c1. The summed E-state index contributed by atoms with van der Waals surface area (Å²) in [5, 5.41) is 8.46. The van der Waals surface area contributed by atoms with Crippen molar-refractivity contribution in [1.82, 2.24) is 0 Å². The van der Waals surface area contributed by atoms with E-state index in [0.717, 1.165) is 6.42 Å². The lowest BCUT2D eigenvalue weighted by atomic mass is 10.2. The molecule has 1 aromatic rings. The minimum Gasteiger partial charge on any atom is -0.497 e. The fourth-order valence-corrected chi connectivity index (χ4v) is 1.55. The number of aliphatic carboxylic acids is 1. The van der Waals surface area contributed by atoms with Crippen molar-refractivity contribution < 1.29 is 24.2 Å². The smallest absolute Gasteiger partial charge is 0.338 e. The molecule has 0 atom stereocenters. The highest BCUT2D eigenvalue weighted by molar-refractivity contribution is 5.89. The second-order valence-corrected chi connectivity index (χ2v) is 4.07. The zero-order valence-corrected chi connectivity index (χ0v) is 10.9. The van der Waals surface area contributed by atoms with Gasteiger partial charge in [-0.25, -0.2) is 4.79 Å². The number of carboxylic acid groups (broad SMARTS) is 1. The van der Waals surface area contributed by atoms with E-state index >= 15 is 0 Å². The number of rotatable bonds is 8. The summed E-state index contributed by atoms with van der Waals surface area (Å²) in [4.78, 5) is 22.0. The van der Waals surface area contributed by atoms with Crippen molar-refractivity contribution in [1.29, 1.82) is 0 Å². The van der Waals surface area contributed by atoms with Crippen molar-refractivity contribution in [2.75, 3.05) is 13.7 Å². The zero-order chi connectivity index (χ0) is 14.1. The lowest BCUT2D eigenvalue weighted by Crippen LogP contribution is -2.06. The lowest BCUT2D eigenvalue weighted by Gasteiger charge is -2.06. The summed E-state index contributed by atoms with van der Waals surface area (Å²) in [5.41, 5.74) is 0.449. The van der Waals surface area contributed by atoms with Crippen molar-refractivity contribution in [3.05, 3.63) is 29.8 Å². The highest BCUT2D eigenvalue weighted by Gasteiger charge is 2.07. The van der Waals surface area contributed by atoms with Gasteiger partial charge in [-0.05, 0) is 37.5 Å². The molecule has 0 aliphatic carbocycles. The van der Waals surface area contributed by atoms with Crippen LogP contribution in [-0.2, 0) is 9.53 Å². The number of hydrogen-bond acceptors (Lipinski definition) is 4. The number of carbonyl (C=O) groups excluding carboxylic acids is 1. The summed E-state index contributed by atoms with van der Waals surface area (Å²) in [7, 11) is 1.53. The van der Waals surface area contributed by atoms with Crippen molar-refractivity contribution >= 4 is 11.9 Å². The van der Waals surface area contributed by atoms with Gasteiger partial charge in [0.05, 0.1) is 19.3 Å². The molecule has 0 amide bonds. The molecule has 0 saturated carbocycles. The lowest BCUT2D eigenvalue weighted by molar-refractivity contribution is -0.137. The molecule has 0 spiro atoms. The molecule has 5 heteroatoms. The third kappa shape index (κ3) is 5.90. The minimum atomic E-state index is -0.798. The van der Waals surface area contributed by atoms with E-state index in [0.29, 0.717) is 30.8 Å². The minimum absolute atomic E-state index is 0.157. The molecule has 0 saturated heterocycles. The molecule has 0 aliphatic heterocycles. The summed E-state index contributed by atoms with van der Waals surface area (Å²) < 4.78 is 10.1. The van der Waals surface area contributed by atoms with Crippen LogP contribution in [0.15, 0.2) is 24.3 Å². The molecule has 1 rings (SSSR count). The molecule has 1 aromatic carbocycles. The maximum Gasteiger partial charge on any atom is 0.338 e. The van der Waals surface area contributed by atoms with Gasteiger partial charge in [0.15, 0.2) is 0 Å². The molecule has 0 unspecified atom stereocenters. The van der Waals surface area contributed by atoms with Gasteiger partial charge in [0.1, 0.15) is 5.75 Å². The molecule has 0 radical (unpaired) electrons. The maximum atomic E-state index is 11.7. The van der Waals surface area contributed by atoms with Crippen molar-refractivity contribution in [2.24, 2.45) is 0 Å². The maximum absolute atomic E-state index is 11.7. The zero-order valence-electron chi connectivity index (χ0n) is 10.9. The van der Waals surface area contributed by atoms with Crippen LogP contribution in [0, 0.1) is 0 Å². The van der Waals surface area contributed by atoms with Crippen LogP contribution in [0.4, 0.5) is 0 Å². The van der Waals surface area contributed by atoms with Gasteiger partial charge in [0.25, 0.3) is 0 Å². The molecule has 0 aliphatic rings. The summed E-state index contributed by atoms with van der Waals surface area (Å²) >= 11 is 0. The van der Waals surface area contributed by atoms with Crippen LogP contribution in [0.2, 0.25) is 0 Å². The topological polar surface area (TPSA) is 72.8 Å². The third-order valence-corrected chi connectivity index (χ3v) is 2.57. The van der Waals surface area contributed by atoms with E-state index in [4.69, 9.17) is 14.6 Å². The van der Waals surface area contributed by atoms with E-state index in [1.807, 2.05) is 0 Å². The molecule has 0 heterocycles.